The Morgan fingerprint density at radius 3 is 2.95 bits per heavy atom. The number of H-pyrrole nitrogens is 1. The van der Waals surface area contributed by atoms with Crippen LogP contribution in [0.5, 0.6) is 0 Å². The van der Waals surface area contributed by atoms with E-state index in [0.717, 1.165) is 12.8 Å². The standard InChI is InChI=1S/C13H17N3O3S/c1-8-2-4-10(19-8)7-20(17,18)13-15-11-5-3-9(14)6-12(11)16-13/h3,5-6,8,10H,2,4,7,14H2,1H3,(H,15,16). The van der Waals surface area contributed by atoms with Gasteiger partial charge in [-0.3, -0.25) is 0 Å². The van der Waals surface area contributed by atoms with E-state index in [2.05, 4.69) is 9.97 Å². The molecule has 7 heteroatoms. The number of imidazole rings is 1. The zero-order chi connectivity index (χ0) is 14.3. The number of nitrogens with two attached hydrogens (primary N) is 1. The number of rotatable bonds is 3. The van der Waals surface area contributed by atoms with E-state index in [4.69, 9.17) is 10.5 Å². The molecule has 20 heavy (non-hydrogen) atoms. The van der Waals surface area contributed by atoms with Crippen molar-refractivity contribution >= 4 is 26.6 Å². The van der Waals surface area contributed by atoms with Crippen molar-refractivity contribution in [1.29, 1.82) is 0 Å². The molecule has 2 atom stereocenters. The predicted octanol–water partition coefficient (Wildman–Crippen LogP) is 1.49. The molecule has 0 saturated carbocycles. The average molecular weight is 295 g/mol. The maximum Gasteiger partial charge on any atom is 0.226 e. The van der Waals surface area contributed by atoms with Crippen LogP contribution < -0.4 is 5.73 Å². The Bertz CT molecular complexity index is 738. The first kappa shape index (κ1) is 13.4. The highest BCUT2D eigenvalue weighted by molar-refractivity contribution is 7.91. The van der Waals surface area contributed by atoms with Crippen LogP contribution in [-0.4, -0.2) is 36.3 Å². The molecule has 108 valence electrons. The second kappa shape index (κ2) is 4.75. The van der Waals surface area contributed by atoms with E-state index in [1.54, 1.807) is 18.2 Å². The number of nitrogens with one attached hydrogen (secondary N) is 1. The maximum atomic E-state index is 12.3. The molecule has 0 amide bonds. The third-order valence-corrected chi connectivity index (χ3v) is 5.10. The quantitative estimate of drug-likeness (QED) is 0.836. The number of aromatic amines is 1. The first-order chi connectivity index (χ1) is 9.44. The van der Waals surface area contributed by atoms with Gasteiger partial charge in [-0.25, -0.2) is 13.4 Å². The summed E-state index contributed by atoms with van der Waals surface area (Å²) in [6.07, 6.45) is 1.56. The Labute approximate surface area is 117 Å². The van der Waals surface area contributed by atoms with Gasteiger partial charge in [-0.1, -0.05) is 0 Å². The predicted molar refractivity (Wildman–Crippen MR) is 76.1 cm³/mol. The van der Waals surface area contributed by atoms with Crippen molar-refractivity contribution in [2.24, 2.45) is 0 Å². The lowest BCUT2D eigenvalue weighted by Crippen LogP contribution is -2.22. The highest BCUT2D eigenvalue weighted by atomic mass is 32.2. The van der Waals surface area contributed by atoms with Crippen molar-refractivity contribution in [3.63, 3.8) is 0 Å². The van der Waals surface area contributed by atoms with Crippen molar-refractivity contribution in [2.45, 2.75) is 37.1 Å². The second-order valence-corrected chi connectivity index (χ2v) is 7.20. The molecule has 2 heterocycles. The summed E-state index contributed by atoms with van der Waals surface area (Å²) < 4.78 is 30.3. The van der Waals surface area contributed by atoms with Gasteiger partial charge in [0.2, 0.25) is 15.0 Å². The maximum absolute atomic E-state index is 12.3. The van der Waals surface area contributed by atoms with Crippen molar-refractivity contribution < 1.29 is 13.2 Å². The van der Waals surface area contributed by atoms with E-state index in [1.807, 2.05) is 6.92 Å². The summed E-state index contributed by atoms with van der Waals surface area (Å²) in [5.74, 6) is -0.0351. The summed E-state index contributed by atoms with van der Waals surface area (Å²) in [5, 5.41) is -0.0127. The number of hydrogen-bond acceptors (Lipinski definition) is 5. The van der Waals surface area contributed by atoms with Crippen LogP contribution in [0, 0.1) is 0 Å². The molecule has 2 aromatic rings. The highest BCUT2D eigenvalue weighted by Crippen LogP contribution is 2.23. The first-order valence-corrected chi connectivity index (χ1v) is 8.23. The number of nitrogens with zero attached hydrogens (tertiary/aromatic N) is 1. The fourth-order valence-corrected chi connectivity index (χ4v) is 3.88. The van der Waals surface area contributed by atoms with Crippen LogP contribution in [0.3, 0.4) is 0 Å². The van der Waals surface area contributed by atoms with Gasteiger partial charge in [0, 0.05) is 5.69 Å². The van der Waals surface area contributed by atoms with Gasteiger partial charge < -0.3 is 15.5 Å². The zero-order valence-corrected chi connectivity index (χ0v) is 12.0. The lowest BCUT2D eigenvalue weighted by atomic mass is 10.2. The normalized spacial score (nSPS) is 23.4. The molecule has 0 bridgehead atoms. The summed E-state index contributed by atoms with van der Waals surface area (Å²) in [6.45, 7) is 1.95. The molecule has 6 nitrogen and oxygen atoms in total. The Morgan fingerprint density at radius 1 is 1.45 bits per heavy atom. The lowest BCUT2D eigenvalue weighted by molar-refractivity contribution is 0.0689. The third-order valence-electron chi connectivity index (χ3n) is 3.50. The molecule has 2 unspecified atom stereocenters. The van der Waals surface area contributed by atoms with E-state index in [9.17, 15) is 8.42 Å². The van der Waals surface area contributed by atoms with Gasteiger partial charge in [-0.2, -0.15) is 0 Å². The molecule has 1 aromatic carbocycles. The van der Waals surface area contributed by atoms with E-state index in [0.29, 0.717) is 16.7 Å². The molecular weight excluding hydrogens is 278 g/mol. The van der Waals surface area contributed by atoms with Crippen LogP contribution in [0.2, 0.25) is 0 Å². The smallest absolute Gasteiger partial charge is 0.226 e. The first-order valence-electron chi connectivity index (χ1n) is 6.57. The Kier molecular flexibility index (Phi) is 3.18. The fraction of sp³-hybridized carbons (Fsp3) is 0.462. The van der Waals surface area contributed by atoms with Crippen LogP contribution in [0.25, 0.3) is 11.0 Å². The molecule has 0 radical (unpaired) electrons. The van der Waals surface area contributed by atoms with Crippen LogP contribution in [-0.2, 0) is 14.6 Å². The molecule has 3 N–H and O–H groups in total. The third kappa shape index (κ3) is 2.51. The van der Waals surface area contributed by atoms with Crippen molar-refractivity contribution in [2.75, 3.05) is 11.5 Å². The number of sulfone groups is 1. The molecule has 1 aliphatic heterocycles. The average Bonchev–Trinajstić information content (AvgIpc) is 2.95. The van der Waals surface area contributed by atoms with Crippen molar-refractivity contribution in [3.8, 4) is 0 Å². The van der Waals surface area contributed by atoms with Gasteiger partial charge in [0.05, 0.1) is 29.0 Å². The number of ether oxygens (including phenoxy) is 1. The highest BCUT2D eigenvalue weighted by Gasteiger charge is 2.29. The minimum absolute atomic E-state index is 0.0127. The van der Waals surface area contributed by atoms with Gasteiger partial charge in [0.1, 0.15) is 0 Å². The fourth-order valence-electron chi connectivity index (χ4n) is 2.48. The minimum Gasteiger partial charge on any atom is -0.399 e. The van der Waals surface area contributed by atoms with Crippen LogP contribution in [0.1, 0.15) is 19.8 Å². The molecule has 1 aliphatic rings. The largest absolute Gasteiger partial charge is 0.399 e. The molecular formula is C13H17N3O3S. The number of aromatic nitrogens is 2. The summed E-state index contributed by atoms with van der Waals surface area (Å²) in [7, 11) is -3.47. The van der Waals surface area contributed by atoms with Crippen molar-refractivity contribution in [3.05, 3.63) is 18.2 Å². The molecule has 1 aromatic heterocycles. The summed E-state index contributed by atoms with van der Waals surface area (Å²) in [6, 6.07) is 5.07. The van der Waals surface area contributed by atoms with Gasteiger partial charge >= 0.3 is 0 Å². The van der Waals surface area contributed by atoms with Crippen LogP contribution in [0.15, 0.2) is 23.4 Å². The van der Waals surface area contributed by atoms with Crippen LogP contribution in [0.4, 0.5) is 5.69 Å². The summed E-state index contributed by atoms with van der Waals surface area (Å²) in [4.78, 5) is 6.96. The van der Waals surface area contributed by atoms with E-state index in [-0.39, 0.29) is 23.1 Å². The number of fused-ring (bicyclic) bond motifs is 1. The molecule has 3 rings (SSSR count). The Morgan fingerprint density at radius 2 is 2.25 bits per heavy atom. The zero-order valence-electron chi connectivity index (χ0n) is 11.2. The van der Waals surface area contributed by atoms with E-state index in [1.165, 1.54) is 0 Å². The number of benzene rings is 1. The van der Waals surface area contributed by atoms with Gasteiger partial charge in [0.25, 0.3) is 0 Å². The molecule has 1 fully saturated rings. The number of nitrogen functional groups attached to an aromatic ring is 1. The van der Waals surface area contributed by atoms with Gasteiger partial charge in [-0.05, 0) is 38.0 Å². The van der Waals surface area contributed by atoms with E-state index < -0.39 is 9.84 Å². The Balaban J connectivity index is 1.88. The lowest BCUT2D eigenvalue weighted by Gasteiger charge is -2.09. The number of anilines is 1. The van der Waals surface area contributed by atoms with Crippen LogP contribution >= 0.6 is 0 Å². The molecule has 1 saturated heterocycles. The second-order valence-electron chi connectivity index (χ2n) is 5.25. The van der Waals surface area contributed by atoms with Gasteiger partial charge in [-0.15, -0.1) is 0 Å². The summed E-state index contributed by atoms with van der Waals surface area (Å²) in [5.41, 5.74) is 7.46. The topological polar surface area (TPSA) is 98.1 Å². The van der Waals surface area contributed by atoms with E-state index >= 15 is 0 Å². The molecule has 0 aliphatic carbocycles. The van der Waals surface area contributed by atoms with Crippen molar-refractivity contribution in [1.82, 2.24) is 9.97 Å². The Hall–Kier alpha value is -1.60. The minimum atomic E-state index is -3.47. The number of hydrogen-bond donors (Lipinski definition) is 2. The summed E-state index contributed by atoms with van der Waals surface area (Å²) >= 11 is 0. The SMILES string of the molecule is CC1CCC(CS(=O)(=O)c2nc3ccc(N)cc3[nH]2)O1. The monoisotopic (exact) mass is 295 g/mol. The molecule has 0 spiro atoms. The van der Waals surface area contributed by atoms with Gasteiger partial charge in [0.15, 0.2) is 0 Å².